The fraction of sp³-hybridized carbons (Fsp3) is 0.292. The molecule has 3 aromatic rings. The van der Waals surface area contributed by atoms with E-state index in [0.29, 0.717) is 5.75 Å². The number of methoxy groups -OCH3 is 1. The molecule has 0 aliphatic carbocycles. The summed E-state index contributed by atoms with van der Waals surface area (Å²) in [7, 11) is 1.68. The first-order valence-electron chi connectivity index (χ1n) is 10.0. The smallest absolute Gasteiger partial charge is 0.232 e. The predicted octanol–water partition coefficient (Wildman–Crippen LogP) is 4.68. The van der Waals surface area contributed by atoms with Crippen molar-refractivity contribution in [2.45, 2.75) is 11.3 Å². The van der Waals surface area contributed by atoms with Gasteiger partial charge < -0.3 is 14.5 Å². The van der Waals surface area contributed by atoms with Gasteiger partial charge in [-0.2, -0.15) is 0 Å². The lowest BCUT2D eigenvalue weighted by Crippen LogP contribution is -2.36. The molecule has 1 aliphatic heterocycles. The second kappa shape index (κ2) is 9.23. The monoisotopic (exact) mass is 406 g/mol. The lowest BCUT2D eigenvalue weighted by molar-refractivity contribution is -0.128. The third kappa shape index (κ3) is 4.85. The lowest BCUT2D eigenvalue weighted by atomic mass is 10.1. The maximum atomic E-state index is 12.8. The number of fused-ring (bicyclic) bond motifs is 1. The molecule has 4 nitrogen and oxygen atoms in total. The summed E-state index contributed by atoms with van der Waals surface area (Å²) in [5, 5.41) is 2.45. The predicted molar refractivity (Wildman–Crippen MR) is 121 cm³/mol. The van der Waals surface area contributed by atoms with E-state index in [2.05, 4.69) is 47.4 Å². The molecule has 1 aliphatic rings. The summed E-state index contributed by atoms with van der Waals surface area (Å²) < 4.78 is 5.24. The summed E-state index contributed by atoms with van der Waals surface area (Å²) in [4.78, 5) is 18.3. The second-order valence-corrected chi connectivity index (χ2v) is 8.27. The van der Waals surface area contributed by atoms with Crippen LogP contribution in [0.4, 0.5) is 5.69 Å². The van der Waals surface area contributed by atoms with Crippen molar-refractivity contribution < 1.29 is 9.53 Å². The van der Waals surface area contributed by atoms with Crippen LogP contribution in [0.5, 0.6) is 5.75 Å². The average molecular weight is 407 g/mol. The normalized spacial score (nSPS) is 14.7. The van der Waals surface area contributed by atoms with Crippen LogP contribution in [0.15, 0.2) is 71.6 Å². The van der Waals surface area contributed by atoms with E-state index in [-0.39, 0.29) is 5.91 Å². The van der Waals surface area contributed by atoms with Crippen molar-refractivity contribution >= 4 is 34.1 Å². The molecule has 0 atom stereocenters. The molecule has 0 spiro atoms. The Hall–Kier alpha value is -2.66. The number of carbonyl (C=O) groups excluding carboxylic acids is 1. The number of carbonyl (C=O) groups is 1. The number of rotatable bonds is 5. The number of thioether (sulfide) groups is 1. The van der Waals surface area contributed by atoms with Crippen LogP contribution in [-0.2, 0) is 4.79 Å². The van der Waals surface area contributed by atoms with Crippen LogP contribution in [0.2, 0.25) is 0 Å². The molecule has 0 N–H and O–H groups in total. The maximum Gasteiger partial charge on any atom is 0.232 e. The molecule has 1 saturated heterocycles. The molecule has 3 aromatic carbocycles. The molecular formula is C24H26N2O2S. The highest BCUT2D eigenvalue weighted by atomic mass is 32.2. The molecule has 1 amide bonds. The average Bonchev–Trinajstić information content (AvgIpc) is 3.04. The van der Waals surface area contributed by atoms with Crippen molar-refractivity contribution in [2.75, 3.05) is 43.9 Å². The molecule has 0 unspecified atom stereocenters. The fourth-order valence-electron chi connectivity index (χ4n) is 3.71. The van der Waals surface area contributed by atoms with E-state index in [4.69, 9.17) is 4.74 Å². The second-order valence-electron chi connectivity index (χ2n) is 7.22. The van der Waals surface area contributed by atoms with Gasteiger partial charge in [0.05, 0.1) is 12.9 Å². The van der Waals surface area contributed by atoms with E-state index in [1.54, 1.807) is 18.9 Å². The zero-order valence-corrected chi connectivity index (χ0v) is 17.5. The molecular weight excluding hydrogens is 380 g/mol. The Kier molecular flexibility index (Phi) is 6.25. The number of hydrogen-bond acceptors (Lipinski definition) is 4. The first-order valence-corrected chi connectivity index (χ1v) is 11.0. The highest BCUT2D eigenvalue weighted by Gasteiger charge is 2.19. The van der Waals surface area contributed by atoms with Crippen LogP contribution in [0, 0.1) is 0 Å². The van der Waals surface area contributed by atoms with Crippen molar-refractivity contribution in [3.63, 3.8) is 0 Å². The van der Waals surface area contributed by atoms with Gasteiger partial charge in [-0.1, -0.05) is 30.3 Å². The first kappa shape index (κ1) is 19.6. The van der Waals surface area contributed by atoms with Gasteiger partial charge in [0.15, 0.2) is 0 Å². The van der Waals surface area contributed by atoms with E-state index in [1.165, 1.54) is 16.5 Å². The van der Waals surface area contributed by atoms with Crippen molar-refractivity contribution in [3.8, 4) is 5.75 Å². The van der Waals surface area contributed by atoms with Gasteiger partial charge in [-0.3, -0.25) is 4.79 Å². The van der Waals surface area contributed by atoms with Crippen LogP contribution in [0.3, 0.4) is 0 Å². The van der Waals surface area contributed by atoms with Crippen molar-refractivity contribution in [2.24, 2.45) is 0 Å². The molecule has 0 aromatic heterocycles. The Morgan fingerprint density at radius 3 is 2.52 bits per heavy atom. The van der Waals surface area contributed by atoms with Crippen LogP contribution in [-0.4, -0.2) is 49.8 Å². The van der Waals surface area contributed by atoms with Crippen molar-refractivity contribution in [1.29, 1.82) is 0 Å². The summed E-state index contributed by atoms with van der Waals surface area (Å²) in [6.45, 7) is 3.42. The maximum absolute atomic E-state index is 12.8. The number of ether oxygens (including phenoxy) is 1. The Bertz CT molecular complexity index is 974. The number of benzene rings is 3. The van der Waals surface area contributed by atoms with Gasteiger partial charge in [0.25, 0.3) is 0 Å². The SMILES string of the molecule is COc1ccc(N2CCCN(C(=O)CSc3ccc4ccccc4c3)CC2)cc1. The molecule has 1 heterocycles. The van der Waals surface area contributed by atoms with Gasteiger partial charge in [0.1, 0.15) is 5.75 Å². The molecule has 0 radical (unpaired) electrons. The van der Waals surface area contributed by atoms with Gasteiger partial charge in [0.2, 0.25) is 5.91 Å². The minimum absolute atomic E-state index is 0.222. The molecule has 150 valence electrons. The van der Waals surface area contributed by atoms with Crippen LogP contribution < -0.4 is 9.64 Å². The van der Waals surface area contributed by atoms with Gasteiger partial charge in [-0.25, -0.2) is 0 Å². The third-order valence-corrected chi connectivity index (χ3v) is 6.35. The minimum Gasteiger partial charge on any atom is -0.497 e. The van der Waals surface area contributed by atoms with Gasteiger partial charge >= 0.3 is 0 Å². The topological polar surface area (TPSA) is 32.8 Å². The highest BCUT2D eigenvalue weighted by molar-refractivity contribution is 8.00. The third-order valence-electron chi connectivity index (χ3n) is 5.37. The lowest BCUT2D eigenvalue weighted by Gasteiger charge is -2.24. The molecule has 29 heavy (non-hydrogen) atoms. The van der Waals surface area contributed by atoms with Gasteiger partial charge in [-0.15, -0.1) is 11.8 Å². The zero-order chi connectivity index (χ0) is 20.1. The minimum atomic E-state index is 0.222. The molecule has 4 rings (SSSR count). The Morgan fingerprint density at radius 1 is 0.931 bits per heavy atom. The van der Waals surface area contributed by atoms with Crippen molar-refractivity contribution in [1.82, 2.24) is 4.90 Å². The Labute approximate surface area is 176 Å². The molecule has 0 saturated carbocycles. The van der Waals surface area contributed by atoms with E-state index in [9.17, 15) is 4.79 Å². The summed E-state index contributed by atoms with van der Waals surface area (Å²) in [5.74, 6) is 1.58. The Balaban J connectivity index is 1.32. The van der Waals surface area contributed by atoms with Crippen LogP contribution in [0.25, 0.3) is 10.8 Å². The van der Waals surface area contributed by atoms with Gasteiger partial charge in [0, 0.05) is 36.8 Å². The highest BCUT2D eigenvalue weighted by Crippen LogP contribution is 2.25. The standard InChI is InChI=1S/C24H26N2O2S/c1-28-22-10-8-21(9-11-22)25-13-4-14-26(16-15-25)24(27)18-29-23-12-7-19-5-2-3-6-20(19)17-23/h2-3,5-12,17H,4,13-16,18H2,1H3. The van der Waals surface area contributed by atoms with Crippen LogP contribution in [0.1, 0.15) is 6.42 Å². The molecule has 5 heteroatoms. The first-order chi connectivity index (χ1) is 14.2. The van der Waals surface area contributed by atoms with E-state index < -0.39 is 0 Å². The Morgan fingerprint density at radius 2 is 1.72 bits per heavy atom. The summed E-state index contributed by atoms with van der Waals surface area (Å²) >= 11 is 1.63. The largest absolute Gasteiger partial charge is 0.497 e. The summed E-state index contributed by atoms with van der Waals surface area (Å²) in [6, 6.07) is 22.9. The number of nitrogens with zero attached hydrogens (tertiary/aromatic N) is 2. The number of anilines is 1. The van der Waals surface area contributed by atoms with E-state index >= 15 is 0 Å². The van der Waals surface area contributed by atoms with Crippen molar-refractivity contribution in [3.05, 3.63) is 66.7 Å². The van der Waals surface area contributed by atoms with E-state index in [1.807, 2.05) is 29.2 Å². The summed E-state index contributed by atoms with van der Waals surface area (Å²) in [6.07, 6.45) is 0.985. The van der Waals surface area contributed by atoms with Crippen LogP contribution >= 0.6 is 11.8 Å². The zero-order valence-electron chi connectivity index (χ0n) is 16.7. The fourth-order valence-corrected chi connectivity index (χ4v) is 4.56. The number of hydrogen-bond donors (Lipinski definition) is 0. The van der Waals surface area contributed by atoms with Gasteiger partial charge in [-0.05, 0) is 53.6 Å². The number of amides is 1. The summed E-state index contributed by atoms with van der Waals surface area (Å²) in [5.41, 5.74) is 1.19. The molecule has 1 fully saturated rings. The van der Waals surface area contributed by atoms with E-state index in [0.717, 1.165) is 43.2 Å². The molecule has 0 bridgehead atoms. The quantitative estimate of drug-likeness (QED) is 0.576.